The van der Waals surface area contributed by atoms with Crippen LogP contribution in [0.1, 0.15) is 17.5 Å². The number of anilines is 1. The van der Waals surface area contributed by atoms with Crippen molar-refractivity contribution in [3.63, 3.8) is 0 Å². The predicted molar refractivity (Wildman–Crippen MR) is 98.4 cm³/mol. The molecule has 0 spiro atoms. The van der Waals surface area contributed by atoms with Crippen LogP contribution in [0.3, 0.4) is 0 Å². The molecule has 9 heteroatoms. The highest BCUT2D eigenvalue weighted by Gasteiger charge is 2.34. The Morgan fingerprint density at radius 1 is 1.10 bits per heavy atom. The number of carbonyl (C=O) groups is 2. The van der Waals surface area contributed by atoms with Crippen LogP contribution in [0, 0.1) is 11.7 Å². The third-order valence-corrected chi connectivity index (χ3v) is 4.61. The zero-order valence-electron chi connectivity index (χ0n) is 15.3. The predicted octanol–water partition coefficient (Wildman–Crippen LogP) is 4.01. The number of halogens is 4. The van der Waals surface area contributed by atoms with Gasteiger partial charge in [-0.2, -0.15) is 13.2 Å². The first-order valence-electron chi connectivity index (χ1n) is 8.95. The number of urea groups is 1. The first kappa shape index (κ1) is 20.6. The van der Waals surface area contributed by atoms with Crippen LogP contribution >= 0.6 is 0 Å². The number of likely N-dealkylation sites (tertiary alicyclic amines) is 1. The van der Waals surface area contributed by atoms with Crippen molar-refractivity contribution in [3.8, 4) is 0 Å². The van der Waals surface area contributed by atoms with Crippen molar-refractivity contribution >= 4 is 17.6 Å². The summed E-state index contributed by atoms with van der Waals surface area (Å²) in [5.74, 6) is -0.614. The molecule has 0 radical (unpaired) electrons. The highest BCUT2D eigenvalue weighted by Crippen LogP contribution is 2.34. The van der Waals surface area contributed by atoms with Crippen LogP contribution in [-0.4, -0.2) is 29.9 Å². The first-order chi connectivity index (χ1) is 13.7. The molecule has 1 atom stereocenters. The summed E-state index contributed by atoms with van der Waals surface area (Å²) in [6, 6.07) is 9.76. The summed E-state index contributed by atoms with van der Waals surface area (Å²) in [7, 11) is 0. The van der Waals surface area contributed by atoms with Gasteiger partial charge in [-0.15, -0.1) is 0 Å². The van der Waals surface area contributed by atoms with E-state index in [9.17, 15) is 27.2 Å². The van der Waals surface area contributed by atoms with Gasteiger partial charge in [0.1, 0.15) is 5.82 Å². The lowest BCUT2D eigenvalue weighted by Gasteiger charge is -2.17. The van der Waals surface area contributed by atoms with Crippen molar-refractivity contribution in [3.05, 3.63) is 65.5 Å². The van der Waals surface area contributed by atoms with E-state index in [2.05, 4.69) is 10.6 Å². The number of carbonyl (C=O) groups excluding carboxylic acids is 2. The van der Waals surface area contributed by atoms with Gasteiger partial charge >= 0.3 is 12.2 Å². The molecule has 5 nitrogen and oxygen atoms in total. The molecule has 2 aromatic carbocycles. The lowest BCUT2D eigenvalue weighted by atomic mass is 10.1. The minimum Gasteiger partial charge on any atom is -0.338 e. The van der Waals surface area contributed by atoms with E-state index in [0.717, 1.165) is 11.6 Å². The van der Waals surface area contributed by atoms with Gasteiger partial charge in [0.05, 0.1) is 11.3 Å². The Labute approximate surface area is 164 Å². The molecule has 0 bridgehead atoms. The van der Waals surface area contributed by atoms with Gasteiger partial charge in [0.25, 0.3) is 0 Å². The van der Waals surface area contributed by atoms with Gasteiger partial charge in [0, 0.05) is 32.0 Å². The monoisotopic (exact) mass is 409 g/mol. The molecular formula is C20H19F4N3O2. The lowest BCUT2D eigenvalue weighted by molar-refractivity contribution is -0.137. The Balaban J connectivity index is 1.51. The SMILES string of the molecule is O=C(NC[C@H]1CC(=O)N(Cc2ccc(F)cc2)C1)Nc1ccccc1C(F)(F)F. The number of rotatable bonds is 5. The van der Waals surface area contributed by atoms with Crippen LogP contribution in [-0.2, 0) is 17.5 Å². The average molecular weight is 409 g/mol. The molecule has 3 amide bonds. The summed E-state index contributed by atoms with van der Waals surface area (Å²) >= 11 is 0. The molecule has 2 N–H and O–H groups in total. The molecule has 0 unspecified atom stereocenters. The third-order valence-electron chi connectivity index (χ3n) is 4.61. The molecule has 1 aliphatic heterocycles. The maximum absolute atomic E-state index is 13.0. The van der Waals surface area contributed by atoms with Crippen molar-refractivity contribution in [1.82, 2.24) is 10.2 Å². The largest absolute Gasteiger partial charge is 0.418 e. The van der Waals surface area contributed by atoms with E-state index in [1.165, 1.54) is 30.3 Å². The second-order valence-corrected chi connectivity index (χ2v) is 6.85. The molecule has 0 saturated carbocycles. The van der Waals surface area contributed by atoms with E-state index in [1.807, 2.05) is 0 Å². The molecular weight excluding hydrogens is 390 g/mol. The smallest absolute Gasteiger partial charge is 0.338 e. The van der Waals surface area contributed by atoms with E-state index in [0.29, 0.717) is 13.1 Å². The van der Waals surface area contributed by atoms with Crippen LogP contribution in [0.5, 0.6) is 0 Å². The third kappa shape index (κ3) is 5.46. The quantitative estimate of drug-likeness (QED) is 0.733. The van der Waals surface area contributed by atoms with Gasteiger partial charge in [0.2, 0.25) is 5.91 Å². The maximum Gasteiger partial charge on any atom is 0.418 e. The Hall–Kier alpha value is -3.10. The number of para-hydroxylation sites is 1. The summed E-state index contributed by atoms with van der Waals surface area (Å²) < 4.78 is 51.9. The van der Waals surface area contributed by atoms with Gasteiger partial charge in [-0.1, -0.05) is 24.3 Å². The summed E-state index contributed by atoms with van der Waals surface area (Å²) in [4.78, 5) is 25.8. The van der Waals surface area contributed by atoms with Gasteiger partial charge in [0.15, 0.2) is 0 Å². The van der Waals surface area contributed by atoms with Crippen molar-refractivity contribution in [2.24, 2.45) is 5.92 Å². The van der Waals surface area contributed by atoms with Crippen LogP contribution < -0.4 is 10.6 Å². The number of benzene rings is 2. The number of alkyl halides is 3. The van der Waals surface area contributed by atoms with E-state index >= 15 is 0 Å². The molecule has 1 saturated heterocycles. The van der Waals surface area contributed by atoms with E-state index < -0.39 is 17.8 Å². The Kier molecular flexibility index (Phi) is 6.05. The zero-order valence-corrected chi connectivity index (χ0v) is 15.3. The van der Waals surface area contributed by atoms with Gasteiger partial charge in [-0.3, -0.25) is 4.79 Å². The number of hydrogen-bond donors (Lipinski definition) is 2. The second-order valence-electron chi connectivity index (χ2n) is 6.85. The fourth-order valence-electron chi connectivity index (χ4n) is 3.20. The van der Waals surface area contributed by atoms with Gasteiger partial charge in [-0.25, -0.2) is 9.18 Å². The summed E-state index contributed by atoms with van der Waals surface area (Å²) in [5.41, 5.74) is -0.482. The number of hydrogen-bond acceptors (Lipinski definition) is 2. The van der Waals surface area contributed by atoms with E-state index in [4.69, 9.17) is 0 Å². The minimum atomic E-state index is -4.58. The fourth-order valence-corrected chi connectivity index (χ4v) is 3.20. The normalized spacial score (nSPS) is 16.8. The van der Waals surface area contributed by atoms with Crippen molar-refractivity contribution < 1.29 is 27.2 Å². The van der Waals surface area contributed by atoms with Crippen molar-refractivity contribution in [1.29, 1.82) is 0 Å². The Bertz CT molecular complexity index is 884. The zero-order chi connectivity index (χ0) is 21.0. The van der Waals surface area contributed by atoms with Crippen LogP contribution in [0.25, 0.3) is 0 Å². The Morgan fingerprint density at radius 3 is 2.48 bits per heavy atom. The molecule has 2 aromatic rings. The second kappa shape index (κ2) is 8.50. The van der Waals surface area contributed by atoms with Crippen molar-refractivity contribution in [2.45, 2.75) is 19.1 Å². The summed E-state index contributed by atoms with van der Waals surface area (Å²) in [6.45, 7) is 0.877. The van der Waals surface area contributed by atoms with Gasteiger partial charge in [-0.05, 0) is 29.8 Å². The molecule has 154 valence electrons. The maximum atomic E-state index is 13.0. The molecule has 29 heavy (non-hydrogen) atoms. The van der Waals surface area contributed by atoms with Crippen LogP contribution in [0.15, 0.2) is 48.5 Å². The number of nitrogens with zero attached hydrogens (tertiary/aromatic N) is 1. The number of amides is 3. The molecule has 0 aliphatic carbocycles. The molecule has 0 aromatic heterocycles. The van der Waals surface area contributed by atoms with E-state index in [1.54, 1.807) is 17.0 Å². The van der Waals surface area contributed by atoms with Crippen molar-refractivity contribution in [2.75, 3.05) is 18.4 Å². The van der Waals surface area contributed by atoms with Crippen LogP contribution in [0.4, 0.5) is 28.0 Å². The highest BCUT2D eigenvalue weighted by atomic mass is 19.4. The van der Waals surface area contributed by atoms with Gasteiger partial charge < -0.3 is 15.5 Å². The topological polar surface area (TPSA) is 61.4 Å². The Morgan fingerprint density at radius 2 is 1.79 bits per heavy atom. The summed E-state index contributed by atoms with van der Waals surface area (Å²) in [6.07, 6.45) is -4.36. The first-order valence-corrected chi connectivity index (χ1v) is 8.95. The van der Waals surface area contributed by atoms with E-state index in [-0.39, 0.29) is 36.3 Å². The molecule has 3 rings (SSSR count). The molecule has 1 aliphatic rings. The highest BCUT2D eigenvalue weighted by molar-refractivity contribution is 5.90. The van der Waals surface area contributed by atoms with Crippen LogP contribution in [0.2, 0.25) is 0 Å². The average Bonchev–Trinajstić information content (AvgIpc) is 3.01. The standard InChI is InChI=1S/C20H19F4N3O2/c21-15-7-5-13(6-8-15)11-27-12-14(9-18(27)28)10-25-19(29)26-17-4-2-1-3-16(17)20(22,23)24/h1-8,14H,9-12H2,(H2,25,26,29)/t14-/m1/s1. The molecule has 1 fully saturated rings. The fraction of sp³-hybridized carbons (Fsp3) is 0.300. The minimum absolute atomic E-state index is 0.0936. The number of nitrogens with one attached hydrogen (secondary N) is 2. The molecule has 1 heterocycles. The lowest BCUT2D eigenvalue weighted by Crippen LogP contribution is -2.34. The summed E-state index contributed by atoms with van der Waals surface area (Å²) in [5, 5.41) is 4.72.